The van der Waals surface area contributed by atoms with E-state index in [9.17, 15) is 4.79 Å². The molecular weight excluding hydrogens is 278 g/mol. The lowest BCUT2D eigenvalue weighted by Gasteiger charge is -2.21. The predicted molar refractivity (Wildman–Crippen MR) is 88.1 cm³/mol. The van der Waals surface area contributed by atoms with Gasteiger partial charge in [-0.3, -0.25) is 4.79 Å². The molecule has 3 heteroatoms. The molecule has 0 aliphatic heterocycles. The first kappa shape index (κ1) is 14.5. The molecule has 1 aromatic carbocycles. The molecule has 2 aromatic rings. The first-order valence-electron chi connectivity index (χ1n) is 7.74. The van der Waals surface area contributed by atoms with Crippen LogP contribution in [0.15, 0.2) is 24.3 Å². The molecule has 21 heavy (non-hydrogen) atoms. The number of hydrogen-bond acceptors (Lipinski definition) is 3. The molecule has 1 aliphatic rings. The van der Waals surface area contributed by atoms with E-state index < -0.39 is 0 Å². The van der Waals surface area contributed by atoms with Crippen LogP contribution in [0.3, 0.4) is 0 Å². The van der Waals surface area contributed by atoms with Gasteiger partial charge in [0, 0.05) is 16.0 Å². The normalized spacial score (nSPS) is 16.1. The molecule has 0 spiro atoms. The van der Waals surface area contributed by atoms with Crippen LogP contribution >= 0.6 is 11.3 Å². The van der Waals surface area contributed by atoms with Gasteiger partial charge in [0.15, 0.2) is 5.78 Å². The van der Waals surface area contributed by atoms with Gasteiger partial charge in [-0.1, -0.05) is 43.5 Å². The van der Waals surface area contributed by atoms with Gasteiger partial charge in [-0.15, -0.1) is 11.3 Å². The third kappa shape index (κ3) is 3.08. The Morgan fingerprint density at radius 3 is 2.43 bits per heavy atom. The van der Waals surface area contributed by atoms with Crippen molar-refractivity contribution in [1.82, 2.24) is 4.98 Å². The van der Waals surface area contributed by atoms with Gasteiger partial charge in [0.05, 0.1) is 10.7 Å². The molecule has 0 amide bonds. The molecule has 2 nitrogen and oxygen atoms in total. The highest BCUT2D eigenvalue weighted by atomic mass is 32.1. The SMILES string of the molecule is CC(=O)c1ccc(-c2nc(C)sc2C2CCCCC2)cc1. The Balaban J connectivity index is 1.95. The Bertz CT molecular complexity index is 636. The molecule has 1 aliphatic carbocycles. The second-order valence-corrected chi connectivity index (χ2v) is 7.15. The molecule has 110 valence electrons. The summed E-state index contributed by atoms with van der Waals surface area (Å²) in [6.07, 6.45) is 6.63. The number of aryl methyl sites for hydroxylation is 1. The first-order valence-corrected chi connectivity index (χ1v) is 8.55. The highest BCUT2D eigenvalue weighted by Crippen LogP contribution is 2.41. The van der Waals surface area contributed by atoms with E-state index in [-0.39, 0.29) is 5.78 Å². The van der Waals surface area contributed by atoms with Gasteiger partial charge in [-0.05, 0) is 32.6 Å². The summed E-state index contributed by atoms with van der Waals surface area (Å²) in [5.41, 5.74) is 3.05. The minimum atomic E-state index is 0.114. The molecule has 1 saturated carbocycles. The molecule has 0 radical (unpaired) electrons. The number of hydrogen-bond donors (Lipinski definition) is 0. The summed E-state index contributed by atoms with van der Waals surface area (Å²) in [5.74, 6) is 0.788. The maximum absolute atomic E-state index is 11.4. The molecule has 0 bridgehead atoms. The van der Waals surface area contributed by atoms with Crippen LogP contribution in [0.25, 0.3) is 11.3 Å². The fourth-order valence-electron chi connectivity index (χ4n) is 3.15. The molecule has 3 rings (SSSR count). The first-order chi connectivity index (χ1) is 10.1. The van der Waals surface area contributed by atoms with Gasteiger partial charge in [-0.2, -0.15) is 0 Å². The monoisotopic (exact) mass is 299 g/mol. The highest BCUT2D eigenvalue weighted by Gasteiger charge is 2.22. The summed E-state index contributed by atoms with van der Waals surface area (Å²) >= 11 is 1.85. The molecule has 0 unspecified atom stereocenters. The third-order valence-corrected chi connectivity index (χ3v) is 5.43. The summed E-state index contributed by atoms with van der Waals surface area (Å²) < 4.78 is 0. The minimum absolute atomic E-state index is 0.114. The van der Waals surface area contributed by atoms with Crippen molar-refractivity contribution in [1.29, 1.82) is 0 Å². The second kappa shape index (κ2) is 6.10. The largest absolute Gasteiger partial charge is 0.295 e. The number of Topliss-reactive ketones (excluding diaryl/α,β-unsaturated/α-hetero) is 1. The van der Waals surface area contributed by atoms with Crippen LogP contribution in [0.2, 0.25) is 0 Å². The smallest absolute Gasteiger partial charge is 0.159 e. The summed E-state index contributed by atoms with van der Waals surface area (Å²) in [6.45, 7) is 3.69. The van der Waals surface area contributed by atoms with Crippen LogP contribution < -0.4 is 0 Å². The predicted octanol–water partition coefficient (Wildman–Crippen LogP) is 5.37. The fraction of sp³-hybridized carbons (Fsp3) is 0.444. The number of nitrogens with zero attached hydrogens (tertiary/aromatic N) is 1. The number of rotatable bonds is 3. The van der Waals surface area contributed by atoms with Crippen molar-refractivity contribution in [2.24, 2.45) is 0 Å². The summed E-state index contributed by atoms with van der Waals surface area (Å²) in [5, 5.41) is 1.14. The van der Waals surface area contributed by atoms with Crippen LogP contribution in [-0.2, 0) is 0 Å². The van der Waals surface area contributed by atoms with Crippen molar-refractivity contribution >= 4 is 17.1 Å². The second-order valence-electron chi connectivity index (χ2n) is 5.91. The third-order valence-electron chi connectivity index (χ3n) is 4.30. The highest BCUT2D eigenvalue weighted by molar-refractivity contribution is 7.12. The van der Waals surface area contributed by atoms with Crippen molar-refractivity contribution in [2.45, 2.75) is 51.9 Å². The van der Waals surface area contributed by atoms with E-state index in [2.05, 4.69) is 6.92 Å². The van der Waals surface area contributed by atoms with E-state index in [0.29, 0.717) is 5.92 Å². The van der Waals surface area contributed by atoms with Crippen LogP contribution in [0.5, 0.6) is 0 Å². The van der Waals surface area contributed by atoms with Crippen molar-refractivity contribution in [3.05, 3.63) is 39.7 Å². The molecule has 0 atom stereocenters. The van der Waals surface area contributed by atoms with Gasteiger partial charge in [0.2, 0.25) is 0 Å². The number of aromatic nitrogens is 1. The van der Waals surface area contributed by atoms with Gasteiger partial charge in [0.25, 0.3) is 0 Å². The zero-order valence-electron chi connectivity index (χ0n) is 12.7. The summed E-state index contributed by atoms with van der Waals surface area (Å²) in [7, 11) is 0. The maximum Gasteiger partial charge on any atom is 0.159 e. The fourth-order valence-corrected chi connectivity index (χ4v) is 4.27. The summed E-state index contributed by atoms with van der Waals surface area (Å²) in [4.78, 5) is 17.6. The molecule has 0 saturated heterocycles. The topological polar surface area (TPSA) is 30.0 Å². The van der Waals surface area contributed by atoms with E-state index in [1.165, 1.54) is 37.0 Å². The molecule has 1 fully saturated rings. The number of ketones is 1. The lowest BCUT2D eigenvalue weighted by Crippen LogP contribution is -2.04. The summed E-state index contributed by atoms with van der Waals surface area (Å²) in [6, 6.07) is 7.91. The Morgan fingerprint density at radius 1 is 1.14 bits per heavy atom. The number of carbonyl (C=O) groups is 1. The van der Waals surface area contributed by atoms with Crippen molar-refractivity contribution < 1.29 is 4.79 Å². The van der Waals surface area contributed by atoms with Crippen molar-refractivity contribution in [3.63, 3.8) is 0 Å². The zero-order chi connectivity index (χ0) is 14.8. The van der Waals surface area contributed by atoms with Crippen LogP contribution in [0, 0.1) is 6.92 Å². The maximum atomic E-state index is 11.4. The van der Waals surface area contributed by atoms with E-state index in [1.54, 1.807) is 6.92 Å². The van der Waals surface area contributed by atoms with Crippen molar-refractivity contribution in [2.75, 3.05) is 0 Å². The Labute approximate surface area is 130 Å². The van der Waals surface area contributed by atoms with E-state index in [1.807, 2.05) is 35.6 Å². The Hall–Kier alpha value is -1.48. The average molecular weight is 299 g/mol. The van der Waals surface area contributed by atoms with Crippen molar-refractivity contribution in [3.8, 4) is 11.3 Å². The number of thiazole rings is 1. The van der Waals surface area contributed by atoms with E-state index >= 15 is 0 Å². The minimum Gasteiger partial charge on any atom is -0.295 e. The quantitative estimate of drug-likeness (QED) is 0.713. The molecule has 0 N–H and O–H groups in total. The Morgan fingerprint density at radius 2 is 1.81 bits per heavy atom. The van der Waals surface area contributed by atoms with Crippen LogP contribution in [-0.4, -0.2) is 10.8 Å². The molecular formula is C18H21NOS. The van der Waals surface area contributed by atoms with Crippen LogP contribution in [0.1, 0.15) is 65.2 Å². The van der Waals surface area contributed by atoms with E-state index in [4.69, 9.17) is 4.98 Å². The van der Waals surface area contributed by atoms with Gasteiger partial charge in [0.1, 0.15) is 0 Å². The lowest BCUT2D eigenvalue weighted by molar-refractivity contribution is 0.101. The lowest BCUT2D eigenvalue weighted by atomic mass is 9.87. The van der Waals surface area contributed by atoms with Gasteiger partial charge in [-0.25, -0.2) is 4.98 Å². The Kier molecular flexibility index (Phi) is 4.20. The molecule has 1 aromatic heterocycles. The average Bonchev–Trinajstić information content (AvgIpc) is 2.90. The van der Waals surface area contributed by atoms with Crippen LogP contribution in [0.4, 0.5) is 0 Å². The number of carbonyl (C=O) groups excluding carboxylic acids is 1. The van der Waals surface area contributed by atoms with Gasteiger partial charge < -0.3 is 0 Å². The van der Waals surface area contributed by atoms with E-state index in [0.717, 1.165) is 21.8 Å². The zero-order valence-corrected chi connectivity index (χ0v) is 13.5. The van der Waals surface area contributed by atoms with Gasteiger partial charge >= 0.3 is 0 Å². The standard InChI is InChI=1S/C18H21NOS/c1-12(20)14-8-10-15(11-9-14)17-18(21-13(2)19-17)16-6-4-3-5-7-16/h8-11,16H,3-7H2,1-2H3. The molecule has 1 heterocycles. The number of benzene rings is 1.